The van der Waals surface area contributed by atoms with Crippen LogP contribution in [-0.2, 0) is 10.6 Å². The second-order valence-electron chi connectivity index (χ2n) is 3.09. The van der Waals surface area contributed by atoms with Crippen LogP contribution in [0, 0.1) is 6.92 Å². The third-order valence-electron chi connectivity index (χ3n) is 1.90. The Labute approximate surface area is 89.8 Å². The fourth-order valence-electron chi connectivity index (χ4n) is 1.19. The zero-order valence-electron chi connectivity index (χ0n) is 8.55. The highest BCUT2D eigenvalue weighted by Crippen LogP contribution is 2.21. The first-order valence-electron chi connectivity index (χ1n) is 4.55. The van der Waals surface area contributed by atoms with E-state index in [1.165, 1.54) is 5.56 Å². The summed E-state index contributed by atoms with van der Waals surface area (Å²) in [4.78, 5) is 0. The number of hydrogen-bond donors (Lipinski definition) is 0. The second-order valence-corrected chi connectivity index (χ2v) is 3.35. The van der Waals surface area contributed by atoms with E-state index in [0.29, 0.717) is 19.1 Å². The zero-order valence-corrected chi connectivity index (χ0v) is 9.30. The van der Waals surface area contributed by atoms with Crippen molar-refractivity contribution in [2.24, 2.45) is 0 Å². The van der Waals surface area contributed by atoms with Gasteiger partial charge in [-0.25, -0.2) is 0 Å². The van der Waals surface area contributed by atoms with Crippen LogP contribution in [0.3, 0.4) is 0 Å². The Balaban J connectivity index is 2.65. The smallest absolute Gasteiger partial charge is 0.123 e. The Morgan fingerprint density at radius 1 is 1.29 bits per heavy atom. The molecule has 0 aliphatic carbocycles. The van der Waals surface area contributed by atoms with E-state index in [0.717, 1.165) is 11.3 Å². The van der Waals surface area contributed by atoms with Crippen LogP contribution < -0.4 is 4.74 Å². The monoisotopic (exact) mass is 214 g/mol. The minimum atomic E-state index is 0.476. The third-order valence-corrected chi connectivity index (χ3v) is 2.19. The maximum absolute atomic E-state index is 5.81. The molecule has 0 radical (unpaired) electrons. The largest absolute Gasteiger partial charge is 0.491 e. The Bertz CT molecular complexity index is 287. The Morgan fingerprint density at radius 2 is 2.07 bits per heavy atom. The van der Waals surface area contributed by atoms with Crippen molar-refractivity contribution >= 4 is 11.6 Å². The van der Waals surface area contributed by atoms with E-state index < -0.39 is 0 Å². The molecule has 3 heteroatoms. The minimum Gasteiger partial charge on any atom is -0.491 e. The Hall–Kier alpha value is -0.730. The molecule has 0 atom stereocenters. The van der Waals surface area contributed by atoms with E-state index in [1.54, 1.807) is 7.11 Å². The molecular formula is C11H15ClO2. The van der Waals surface area contributed by atoms with E-state index in [9.17, 15) is 0 Å². The molecule has 0 saturated carbocycles. The molecule has 0 aliphatic rings. The van der Waals surface area contributed by atoms with E-state index >= 15 is 0 Å². The van der Waals surface area contributed by atoms with Crippen molar-refractivity contribution < 1.29 is 9.47 Å². The molecule has 1 aromatic carbocycles. The van der Waals surface area contributed by atoms with E-state index in [-0.39, 0.29) is 0 Å². The van der Waals surface area contributed by atoms with Crippen molar-refractivity contribution in [3.63, 3.8) is 0 Å². The van der Waals surface area contributed by atoms with Gasteiger partial charge < -0.3 is 9.47 Å². The molecule has 0 spiro atoms. The van der Waals surface area contributed by atoms with E-state index in [1.807, 2.05) is 25.1 Å². The van der Waals surface area contributed by atoms with Crippen LogP contribution in [-0.4, -0.2) is 20.3 Å². The van der Waals surface area contributed by atoms with Gasteiger partial charge in [0.05, 0.1) is 12.5 Å². The quantitative estimate of drug-likeness (QED) is 0.554. The molecule has 78 valence electrons. The van der Waals surface area contributed by atoms with Crippen molar-refractivity contribution in [3.8, 4) is 5.75 Å². The predicted octanol–water partition coefficient (Wildman–Crippen LogP) is 2.76. The second kappa shape index (κ2) is 5.89. The standard InChI is InChI=1S/C11H15ClO2/c1-9-3-4-11(10(7-9)8-12)14-6-5-13-2/h3-4,7H,5-6,8H2,1-2H3. The molecule has 2 nitrogen and oxygen atoms in total. The van der Waals surface area contributed by atoms with E-state index in [2.05, 4.69) is 0 Å². The Morgan fingerprint density at radius 3 is 2.71 bits per heavy atom. The summed E-state index contributed by atoms with van der Waals surface area (Å²) in [5, 5.41) is 0. The molecule has 0 N–H and O–H groups in total. The van der Waals surface area contributed by atoms with Crippen molar-refractivity contribution in [1.29, 1.82) is 0 Å². The minimum absolute atomic E-state index is 0.476. The highest BCUT2D eigenvalue weighted by Gasteiger charge is 2.02. The molecule has 0 aliphatic heterocycles. The fraction of sp³-hybridized carbons (Fsp3) is 0.455. The normalized spacial score (nSPS) is 10.2. The fourth-order valence-corrected chi connectivity index (χ4v) is 1.40. The van der Waals surface area contributed by atoms with Gasteiger partial charge in [0.15, 0.2) is 0 Å². The molecular weight excluding hydrogens is 200 g/mol. The first-order valence-corrected chi connectivity index (χ1v) is 5.08. The van der Waals surface area contributed by atoms with Gasteiger partial charge in [-0.1, -0.05) is 17.7 Å². The van der Waals surface area contributed by atoms with Gasteiger partial charge in [-0.15, -0.1) is 11.6 Å². The number of rotatable bonds is 5. The van der Waals surface area contributed by atoms with Gasteiger partial charge in [0.25, 0.3) is 0 Å². The SMILES string of the molecule is COCCOc1ccc(C)cc1CCl. The first-order chi connectivity index (χ1) is 6.77. The summed E-state index contributed by atoms with van der Waals surface area (Å²) < 4.78 is 10.4. The van der Waals surface area contributed by atoms with Gasteiger partial charge >= 0.3 is 0 Å². The van der Waals surface area contributed by atoms with Crippen LogP contribution in [0.4, 0.5) is 0 Å². The molecule has 0 bridgehead atoms. The van der Waals surface area contributed by atoms with Crippen molar-refractivity contribution in [3.05, 3.63) is 29.3 Å². The average Bonchev–Trinajstić information content (AvgIpc) is 2.20. The summed E-state index contributed by atoms with van der Waals surface area (Å²) in [6.07, 6.45) is 0. The number of ether oxygens (including phenoxy) is 2. The predicted molar refractivity (Wildman–Crippen MR) is 58.1 cm³/mol. The maximum atomic E-state index is 5.81. The molecule has 0 saturated heterocycles. The highest BCUT2D eigenvalue weighted by atomic mass is 35.5. The molecule has 0 heterocycles. The summed E-state index contributed by atoms with van der Waals surface area (Å²) in [6.45, 7) is 3.19. The lowest BCUT2D eigenvalue weighted by Crippen LogP contribution is -2.05. The highest BCUT2D eigenvalue weighted by molar-refractivity contribution is 6.17. The van der Waals surface area contributed by atoms with Crippen LogP contribution in [0.1, 0.15) is 11.1 Å². The van der Waals surface area contributed by atoms with Crippen LogP contribution >= 0.6 is 11.6 Å². The van der Waals surface area contributed by atoms with Gasteiger partial charge in [-0.05, 0) is 13.0 Å². The average molecular weight is 215 g/mol. The summed E-state index contributed by atoms with van der Waals surface area (Å²) >= 11 is 5.81. The van der Waals surface area contributed by atoms with Crippen LogP contribution in [0.5, 0.6) is 5.75 Å². The van der Waals surface area contributed by atoms with Gasteiger partial charge in [0.1, 0.15) is 12.4 Å². The molecule has 1 aromatic rings. The van der Waals surface area contributed by atoms with Crippen LogP contribution in [0.15, 0.2) is 18.2 Å². The molecule has 0 amide bonds. The van der Waals surface area contributed by atoms with Gasteiger partial charge in [0, 0.05) is 12.7 Å². The lowest BCUT2D eigenvalue weighted by Gasteiger charge is -2.09. The number of alkyl halides is 1. The Kier molecular flexibility index (Phi) is 4.77. The summed E-state index contributed by atoms with van der Waals surface area (Å²) in [7, 11) is 1.65. The topological polar surface area (TPSA) is 18.5 Å². The molecule has 0 fully saturated rings. The van der Waals surface area contributed by atoms with Crippen molar-refractivity contribution in [2.45, 2.75) is 12.8 Å². The summed E-state index contributed by atoms with van der Waals surface area (Å²) in [5.41, 5.74) is 2.22. The van der Waals surface area contributed by atoms with E-state index in [4.69, 9.17) is 21.1 Å². The number of methoxy groups -OCH3 is 1. The summed E-state index contributed by atoms with van der Waals surface area (Å²) in [5.74, 6) is 1.33. The number of hydrogen-bond acceptors (Lipinski definition) is 2. The summed E-state index contributed by atoms with van der Waals surface area (Å²) in [6, 6.07) is 6.00. The molecule has 0 unspecified atom stereocenters. The molecule has 14 heavy (non-hydrogen) atoms. The molecule has 1 rings (SSSR count). The lowest BCUT2D eigenvalue weighted by atomic mass is 10.1. The number of benzene rings is 1. The van der Waals surface area contributed by atoms with Crippen LogP contribution in [0.2, 0.25) is 0 Å². The maximum Gasteiger partial charge on any atom is 0.123 e. The molecule has 0 aromatic heterocycles. The third kappa shape index (κ3) is 3.20. The number of aryl methyl sites for hydroxylation is 1. The van der Waals surface area contributed by atoms with Gasteiger partial charge in [0.2, 0.25) is 0 Å². The van der Waals surface area contributed by atoms with Crippen LogP contribution in [0.25, 0.3) is 0 Å². The van der Waals surface area contributed by atoms with Gasteiger partial charge in [-0.2, -0.15) is 0 Å². The number of halogens is 1. The van der Waals surface area contributed by atoms with Gasteiger partial charge in [-0.3, -0.25) is 0 Å². The zero-order chi connectivity index (χ0) is 10.4. The lowest BCUT2D eigenvalue weighted by molar-refractivity contribution is 0.146. The van der Waals surface area contributed by atoms with Crippen molar-refractivity contribution in [1.82, 2.24) is 0 Å². The first kappa shape index (κ1) is 11.3. The van der Waals surface area contributed by atoms with Crippen molar-refractivity contribution in [2.75, 3.05) is 20.3 Å².